The number of rotatable bonds is 15. The van der Waals surface area contributed by atoms with Crippen molar-refractivity contribution in [2.75, 3.05) is 20.3 Å². The number of nitrogens with one attached hydrogen (secondary N) is 3. The molecule has 0 saturated carbocycles. The number of amides is 3. The van der Waals surface area contributed by atoms with Gasteiger partial charge in [0.1, 0.15) is 22.3 Å². The number of esters is 1. The number of alkyl carbamates (subject to hydrolysis) is 1. The molecular weight excluding hydrogens is 613 g/mol. The van der Waals surface area contributed by atoms with Gasteiger partial charge in [0.05, 0.1) is 13.7 Å². The minimum Gasteiger partial charge on any atom is -0.467 e. The summed E-state index contributed by atoms with van der Waals surface area (Å²) in [5, 5.41) is 10.6. The van der Waals surface area contributed by atoms with Crippen LogP contribution < -0.4 is 16.0 Å². The Morgan fingerprint density at radius 1 is 0.956 bits per heavy atom. The average molecular weight is 663 g/mol. The second-order valence-corrected chi connectivity index (χ2v) is 19.0. The number of carbonyl (C=O) groups excluding carboxylic acids is 4. The number of methoxy groups -OCH3 is 1. The van der Waals surface area contributed by atoms with Gasteiger partial charge in [-0.25, -0.2) is 14.6 Å². The second kappa shape index (κ2) is 16.9. The molecule has 250 valence electrons. The second-order valence-electron chi connectivity index (χ2n) is 13.4. The van der Waals surface area contributed by atoms with Crippen molar-refractivity contribution < 1.29 is 33.1 Å². The first kappa shape index (κ1) is 37.9. The van der Waals surface area contributed by atoms with Gasteiger partial charge in [0.2, 0.25) is 5.91 Å². The Bertz CT molecular complexity index is 1280. The number of aromatic nitrogens is 1. The Labute approximate surface area is 272 Å². The van der Waals surface area contributed by atoms with E-state index in [0.29, 0.717) is 24.5 Å². The average Bonchev–Trinajstić information content (AvgIpc) is 3.45. The smallest absolute Gasteiger partial charge is 0.407 e. The van der Waals surface area contributed by atoms with E-state index in [1.807, 2.05) is 45.0 Å². The molecule has 0 saturated heterocycles. The Kier molecular flexibility index (Phi) is 14.2. The van der Waals surface area contributed by atoms with Crippen molar-refractivity contribution in [3.63, 3.8) is 0 Å². The van der Waals surface area contributed by atoms with Crippen molar-refractivity contribution in [1.82, 2.24) is 20.9 Å². The summed E-state index contributed by atoms with van der Waals surface area (Å²) in [6.07, 6.45) is 2.29. The predicted molar refractivity (Wildman–Crippen MR) is 179 cm³/mol. The molecule has 13 heteroatoms. The van der Waals surface area contributed by atoms with Crippen LogP contribution in [0.25, 0.3) is 10.6 Å². The van der Waals surface area contributed by atoms with E-state index in [1.165, 1.54) is 18.4 Å². The van der Waals surface area contributed by atoms with E-state index in [-0.39, 0.29) is 23.2 Å². The van der Waals surface area contributed by atoms with Gasteiger partial charge in [-0.3, -0.25) is 9.59 Å². The SMILES string of the molecule is COC(=O)[C@H](CO[Si](C)(C)C(C)(C)C)NC(=O)c1csc(-c2ccc(CNC(=O)CCCCCNC(=O)OC(C)(C)C)cc2)n1. The van der Waals surface area contributed by atoms with Gasteiger partial charge in [-0.05, 0) is 57.3 Å². The van der Waals surface area contributed by atoms with Crippen molar-refractivity contribution in [2.45, 2.75) is 104 Å². The summed E-state index contributed by atoms with van der Waals surface area (Å²) < 4.78 is 16.2. The van der Waals surface area contributed by atoms with E-state index in [2.05, 4.69) is 54.8 Å². The van der Waals surface area contributed by atoms with Gasteiger partial charge in [-0.2, -0.15) is 0 Å². The summed E-state index contributed by atoms with van der Waals surface area (Å²) in [5.41, 5.74) is 1.45. The minimum absolute atomic E-state index is 0.0250. The fraction of sp³-hybridized carbons (Fsp3) is 0.594. The van der Waals surface area contributed by atoms with Gasteiger partial charge in [-0.15, -0.1) is 11.3 Å². The van der Waals surface area contributed by atoms with Gasteiger partial charge in [0, 0.05) is 30.5 Å². The van der Waals surface area contributed by atoms with Gasteiger partial charge >= 0.3 is 12.1 Å². The maximum absolute atomic E-state index is 13.0. The molecule has 1 aromatic carbocycles. The molecule has 0 unspecified atom stereocenters. The summed E-state index contributed by atoms with van der Waals surface area (Å²) in [6, 6.07) is 6.65. The van der Waals surface area contributed by atoms with E-state index in [1.54, 1.807) is 5.38 Å². The molecule has 0 spiro atoms. The molecule has 0 radical (unpaired) electrons. The molecule has 45 heavy (non-hydrogen) atoms. The van der Waals surface area contributed by atoms with Crippen LogP contribution in [-0.2, 0) is 30.0 Å². The molecule has 2 rings (SSSR count). The molecule has 3 amide bonds. The van der Waals surface area contributed by atoms with Crippen LogP contribution in [0.1, 0.15) is 83.3 Å². The Morgan fingerprint density at radius 3 is 2.22 bits per heavy atom. The van der Waals surface area contributed by atoms with Crippen LogP contribution in [-0.4, -0.2) is 69.1 Å². The third-order valence-corrected chi connectivity index (χ3v) is 12.8. The van der Waals surface area contributed by atoms with Crippen LogP contribution >= 0.6 is 11.3 Å². The van der Waals surface area contributed by atoms with Gasteiger partial charge in [0.25, 0.3) is 5.91 Å². The first-order valence-corrected chi connectivity index (χ1v) is 19.0. The van der Waals surface area contributed by atoms with Crippen molar-refractivity contribution in [3.8, 4) is 10.6 Å². The zero-order chi connectivity index (χ0) is 33.8. The monoisotopic (exact) mass is 662 g/mol. The predicted octanol–water partition coefficient (Wildman–Crippen LogP) is 5.80. The van der Waals surface area contributed by atoms with Crippen LogP contribution in [0.15, 0.2) is 29.6 Å². The standard InChI is InChI=1S/C32H50N4O7SSi/c1-31(2,3)43-30(40)33-18-12-10-11-13-26(37)34-19-22-14-16-23(17-15-22)28-36-25(21-44-28)27(38)35-24(29(39)41-7)20-42-45(8,9)32(4,5)6/h14-17,21,24H,10-13,18-20H2,1-9H3,(H,33,40)(H,34,37)(H,35,38)/t24-/m0/s1. The number of hydrogen-bond acceptors (Lipinski definition) is 9. The first-order chi connectivity index (χ1) is 20.9. The lowest BCUT2D eigenvalue weighted by Gasteiger charge is -2.37. The van der Waals surface area contributed by atoms with E-state index < -0.39 is 37.9 Å². The largest absolute Gasteiger partial charge is 0.467 e. The van der Waals surface area contributed by atoms with Crippen LogP contribution in [0.4, 0.5) is 4.79 Å². The van der Waals surface area contributed by atoms with Gasteiger partial charge in [-0.1, -0.05) is 51.5 Å². The number of unbranched alkanes of at least 4 members (excludes halogenated alkanes) is 2. The van der Waals surface area contributed by atoms with Crippen molar-refractivity contribution in [1.29, 1.82) is 0 Å². The van der Waals surface area contributed by atoms with Gasteiger partial charge < -0.3 is 29.9 Å². The van der Waals surface area contributed by atoms with Crippen molar-refractivity contribution in [3.05, 3.63) is 40.9 Å². The molecule has 11 nitrogen and oxygen atoms in total. The summed E-state index contributed by atoms with van der Waals surface area (Å²) in [5.74, 6) is -1.09. The molecule has 1 aromatic heterocycles. The zero-order valence-corrected chi connectivity index (χ0v) is 29.9. The quantitative estimate of drug-likeness (QED) is 0.123. The summed E-state index contributed by atoms with van der Waals surface area (Å²) in [6.45, 7) is 16.8. The minimum atomic E-state index is -2.14. The number of ether oxygens (including phenoxy) is 2. The molecule has 3 N–H and O–H groups in total. The highest BCUT2D eigenvalue weighted by molar-refractivity contribution is 7.13. The number of benzene rings is 1. The molecule has 0 aliphatic heterocycles. The van der Waals surface area contributed by atoms with E-state index in [9.17, 15) is 19.2 Å². The lowest BCUT2D eigenvalue weighted by molar-refractivity contribution is -0.143. The summed E-state index contributed by atoms with van der Waals surface area (Å²) in [7, 11) is -0.866. The summed E-state index contributed by atoms with van der Waals surface area (Å²) >= 11 is 1.32. The first-order valence-electron chi connectivity index (χ1n) is 15.2. The molecular formula is C32H50N4O7SSi. The fourth-order valence-corrected chi connectivity index (χ4v) is 5.53. The molecule has 0 aliphatic carbocycles. The van der Waals surface area contributed by atoms with Crippen LogP contribution in [0.2, 0.25) is 18.1 Å². The molecule has 0 aliphatic rings. The van der Waals surface area contributed by atoms with E-state index in [4.69, 9.17) is 13.9 Å². The molecule has 2 aromatic rings. The van der Waals surface area contributed by atoms with E-state index >= 15 is 0 Å². The van der Waals surface area contributed by atoms with E-state index in [0.717, 1.165) is 30.4 Å². The topological polar surface area (TPSA) is 145 Å². The normalized spacial score (nSPS) is 12.6. The highest BCUT2D eigenvalue weighted by Gasteiger charge is 2.38. The highest BCUT2D eigenvalue weighted by atomic mass is 32.1. The van der Waals surface area contributed by atoms with Crippen molar-refractivity contribution in [2.24, 2.45) is 0 Å². The number of hydrogen-bond donors (Lipinski definition) is 3. The maximum Gasteiger partial charge on any atom is 0.407 e. The van der Waals surface area contributed by atoms with Crippen LogP contribution in [0, 0.1) is 0 Å². The van der Waals surface area contributed by atoms with Crippen molar-refractivity contribution >= 4 is 43.5 Å². The zero-order valence-electron chi connectivity index (χ0n) is 28.1. The maximum atomic E-state index is 13.0. The third kappa shape index (κ3) is 13.3. The molecule has 1 atom stereocenters. The third-order valence-electron chi connectivity index (χ3n) is 7.38. The van der Waals surface area contributed by atoms with Crippen LogP contribution in [0.3, 0.4) is 0 Å². The molecule has 1 heterocycles. The molecule has 0 fully saturated rings. The van der Waals surface area contributed by atoms with Crippen LogP contribution in [0.5, 0.6) is 0 Å². The number of carbonyl (C=O) groups is 4. The number of thiazole rings is 1. The lowest BCUT2D eigenvalue weighted by atomic mass is 10.1. The number of nitrogens with zero attached hydrogens (tertiary/aromatic N) is 1. The fourth-order valence-electron chi connectivity index (χ4n) is 3.71. The Morgan fingerprint density at radius 2 is 1.62 bits per heavy atom. The van der Waals surface area contributed by atoms with Gasteiger partial charge in [0.15, 0.2) is 8.32 Å². The summed E-state index contributed by atoms with van der Waals surface area (Å²) in [4.78, 5) is 53.7. The Hall–Kier alpha value is -3.29. The molecule has 0 bridgehead atoms. The lowest BCUT2D eigenvalue weighted by Crippen LogP contribution is -2.49. The highest BCUT2D eigenvalue weighted by Crippen LogP contribution is 2.36. The Balaban J connectivity index is 1.81.